The van der Waals surface area contributed by atoms with Gasteiger partial charge in [0.25, 0.3) is 0 Å². The Morgan fingerprint density at radius 3 is 2.83 bits per heavy atom. The van der Waals surface area contributed by atoms with Crippen molar-refractivity contribution in [3.8, 4) is 0 Å². The lowest BCUT2D eigenvalue weighted by Crippen LogP contribution is -2.44. The fraction of sp³-hybridized carbons (Fsp3) is 0.429. The van der Waals surface area contributed by atoms with E-state index in [1.807, 2.05) is 31.2 Å². The van der Waals surface area contributed by atoms with Gasteiger partial charge in [-0.15, -0.1) is 0 Å². The largest absolute Gasteiger partial charge is 0.311 e. The smallest absolute Gasteiger partial charge is 0.237 e. The maximum Gasteiger partial charge on any atom is 0.237 e. The molecule has 1 saturated heterocycles. The normalized spacial score (nSPS) is 20.0. The van der Waals surface area contributed by atoms with Crippen LogP contribution in [0.25, 0.3) is 0 Å². The maximum atomic E-state index is 12.4. The molecule has 1 atom stereocenters. The molecule has 1 aromatic carbocycles. The molecule has 0 bridgehead atoms. The van der Waals surface area contributed by atoms with Gasteiger partial charge in [0.2, 0.25) is 5.91 Å². The highest BCUT2D eigenvalue weighted by Gasteiger charge is 2.34. The first-order chi connectivity index (χ1) is 8.65. The Balaban J connectivity index is 2.27. The first-order valence-electron chi connectivity index (χ1n) is 6.23. The van der Waals surface area contributed by atoms with Crippen LogP contribution >= 0.6 is 15.9 Å². The number of hydrogen-bond donors (Lipinski definition) is 0. The third-order valence-corrected chi connectivity index (χ3v) is 3.99. The van der Waals surface area contributed by atoms with Crippen molar-refractivity contribution in [3.63, 3.8) is 0 Å². The summed E-state index contributed by atoms with van der Waals surface area (Å²) in [7, 11) is 0. The molecule has 0 aromatic heterocycles. The second kappa shape index (κ2) is 5.65. The number of ketones is 1. The SMILES string of the molecule is CCC(=O)[C@@H]1CCCN(c2ccccc2Br)C1=O. The first kappa shape index (κ1) is 13.3. The van der Waals surface area contributed by atoms with Gasteiger partial charge in [-0.05, 0) is 40.9 Å². The minimum atomic E-state index is -0.448. The Morgan fingerprint density at radius 2 is 2.17 bits per heavy atom. The van der Waals surface area contributed by atoms with Gasteiger partial charge in [0.15, 0.2) is 0 Å². The van der Waals surface area contributed by atoms with E-state index in [-0.39, 0.29) is 11.7 Å². The van der Waals surface area contributed by atoms with Gasteiger partial charge in [-0.25, -0.2) is 0 Å². The summed E-state index contributed by atoms with van der Waals surface area (Å²) in [6, 6.07) is 7.63. The molecule has 0 unspecified atom stereocenters. The molecular formula is C14H16BrNO2. The van der Waals surface area contributed by atoms with Crippen LogP contribution < -0.4 is 4.90 Å². The van der Waals surface area contributed by atoms with Gasteiger partial charge in [0, 0.05) is 17.4 Å². The zero-order valence-corrected chi connectivity index (χ0v) is 11.9. The predicted molar refractivity (Wildman–Crippen MR) is 74.5 cm³/mol. The highest BCUT2D eigenvalue weighted by molar-refractivity contribution is 9.10. The van der Waals surface area contributed by atoms with Crippen LogP contribution in [-0.4, -0.2) is 18.2 Å². The first-order valence-corrected chi connectivity index (χ1v) is 7.03. The van der Waals surface area contributed by atoms with Crippen LogP contribution in [0.15, 0.2) is 28.7 Å². The van der Waals surface area contributed by atoms with E-state index < -0.39 is 5.92 Å². The van der Waals surface area contributed by atoms with Crippen LogP contribution in [-0.2, 0) is 9.59 Å². The molecular weight excluding hydrogens is 294 g/mol. The zero-order valence-electron chi connectivity index (χ0n) is 10.4. The lowest BCUT2D eigenvalue weighted by Gasteiger charge is -2.32. The van der Waals surface area contributed by atoms with Crippen LogP contribution in [0.4, 0.5) is 5.69 Å². The summed E-state index contributed by atoms with van der Waals surface area (Å²) < 4.78 is 0.892. The fourth-order valence-corrected chi connectivity index (χ4v) is 2.83. The van der Waals surface area contributed by atoms with Gasteiger partial charge in [-0.1, -0.05) is 19.1 Å². The molecule has 0 radical (unpaired) electrons. The molecule has 1 amide bonds. The summed E-state index contributed by atoms with van der Waals surface area (Å²) in [4.78, 5) is 25.9. The van der Waals surface area contributed by atoms with E-state index in [1.54, 1.807) is 4.90 Å². The Bertz CT molecular complexity index is 473. The molecule has 1 heterocycles. The summed E-state index contributed by atoms with van der Waals surface area (Å²) in [6.45, 7) is 2.50. The average molecular weight is 310 g/mol. The number of rotatable bonds is 3. The second-order valence-corrected chi connectivity index (χ2v) is 5.31. The van der Waals surface area contributed by atoms with Gasteiger partial charge in [0.1, 0.15) is 5.78 Å². The Hall–Kier alpha value is -1.16. The molecule has 96 valence electrons. The number of amides is 1. The molecule has 1 aromatic rings. The standard InChI is InChI=1S/C14H16BrNO2/c1-2-13(17)10-6-5-9-16(14(10)18)12-8-4-3-7-11(12)15/h3-4,7-8,10H,2,5-6,9H2,1H3/t10-/m0/s1. The number of Topliss-reactive ketones (excluding diaryl/α,β-unsaturated/α-hetero) is 1. The maximum absolute atomic E-state index is 12.4. The number of piperidine rings is 1. The Labute approximate surface area is 115 Å². The molecule has 3 nitrogen and oxygen atoms in total. The molecule has 1 aliphatic heterocycles. The van der Waals surface area contributed by atoms with Crippen molar-refractivity contribution < 1.29 is 9.59 Å². The van der Waals surface area contributed by atoms with E-state index >= 15 is 0 Å². The van der Waals surface area contributed by atoms with E-state index in [1.165, 1.54) is 0 Å². The Morgan fingerprint density at radius 1 is 1.44 bits per heavy atom. The number of nitrogens with zero attached hydrogens (tertiary/aromatic N) is 1. The van der Waals surface area contributed by atoms with Crippen LogP contribution in [0.2, 0.25) is 0 Å². The predicted octanol–water partition coefficient (Wildman–Crippen LogP) is 3.17. The lowest BCUT2D eigenvalue weighted by molar-refractivity contribution is -0.133. The summed E-state index contributed by atoms with van der Waals surface area (Å²) in [6.07, 6.45) is 2.00. The third-order valence-electron chi connectivity index (χ3n) is 3.32. The molecule has 1 aliphatic rings. The highest BCUT2D eigenvalue weighted by Crippen LogP contribution is 2.31. The van der Waals surface area contributed by atoms with Crippen LogP contribution in [0.3, 0.4) is 0 Å². The van der Waals surface area contributed by atoms with Crippen molar-refractivity contribution in [1.82, 2.24) is 0 Å². The monoisotopic (exact) mass is 309 g/mol. The van der Waals surface area contributed by atoms with E-state index in [2.05, 4.69) is 15.9 Å². The molecule has 0 N–H and O–H groups in total. The topological polar surface area (TPSA) is 37.4 Å². The summed E-state index contributed by atoms with van der Waals surface area (Å²) in [5.74, 6) is -0.451. The summed E-state index contributed by atoms with van der Waals surface area (Å²) in [5.41, 5.74) is 0.858. The van der Waals surface area contributed by atoms with Crippen molar-refractivity contribution in [1.29, 1.82) is 0 Å². The minimum absolute atomic E-state index is 0.0525. The number of para-hydroxylation sites is 1. The number of carbonyl (C=O) groups excluding carboxylic acids is 2. The molecule has 1 fully saturated rings. The lowest BCUT2D eigenvalue weighted by atomic mass is 9.91. The number of anilines is 1. The number of carbonyl (C=O) groups is 2. The Kier molecular flexibility index (Phi) is 4.17. The molecule has 18 heavy (non-hydrogen) atoms. The summed E-state index contributed by atoms with van der Waals surface area (Å²) >= 11 is 3.45. The van der Waals surface area contributed by atoms with Crippen LogP contribution in [0.5, 0.6) is 0 Å². The zero-order chi connectivity index (χ0) is 13.1. The molecule has 0 aliphatic carbocycles. The van der Waals surface area contributed by atoms with Gasteiger partial charge in [-0.2, -0.15) is 0 Å². The average Bonchev–Trinajstić information content (AvgIpc) is 2.39. The fourth-order valence-electron chi connectivity index (χ4n) is 2.33. The van der Waals surface area contributed by atoms with E-state index in [0.29, 0.717) is 19.4 Å². The van der Waals surface area contributed by atoms with Gasteiger partial charge < -0.3 is 4.90 Å². The summed E-state index contributed by atoms with van der Waals surface area (Å²) in [5, 5.41) is 0. The van der Waals surface area contributed by atoms with Gasteiger partial charge in [0.05, 0.1) is 11.6 Å². The third kappa shape index (κ3) is 2.48. The highest BCUT2D eigenvalue weighted by atomic mass is 79.9. The molecule has 2 rings (SSSR count). The van der Waals surface area contributed by atoms with E-state index in [0.717, 1.165) is 16.6 Å². The van der Waals surface area contributed by atoms with Crippen molar-refractivity contribution >= 4 is 33.3 Å². The van der Waals surface area contributed by atoms with Crippen LogP contribution in [0.1, 0.15) is 26.2 Å². The molecule has 0 saturated carbocycles. The van der Waals surface area contributed by atoms with Crippen molar-refractivity contribution in [2.75, 3.05) is 11.4 Å². The number of halogens is 1. The quantitative estimate of drug-likeness (QED) is 0.804. The number of hydrogen-bond acceptors (Lipinski definition) is 2. The second-order valence-electron chi connectivity index (χ2n) is 4.46. The van der Waals surface area contributed by atoms with E-state index in [9.17, 15) is 9.59 Å². The number of benzene rings is 1. The van der Waals surface area contributed by atoms with Crippen molar-refractivity contribution in [2.24, 2.45) is 5.92 Å². The van der Waals surface area contributed by atoms with Crippen LogP contribution in [0, 0.1) is 5.92 Å². The van der Waals surface area contributed by atoms with Gasteiger partial charge in [-0.3, -0.25) is 9.59 Å². The van der Waals surface area contributed by atoms with E-state index in [4.69, 9.17) is 0 Å². The van der Waals surface area contributed by atoms with Crippen molar-refractivity contribution in [3.05, 3.63) is 28.7 Å². The van der Waals surface area contributed by atoms with Crippen molar-refractivity contribution in [2.45, 2.75) is 26.2 Å². The molecule has 0 spiro atoms. The minimum Gasteiger partial charge on any atom is -0.311 e. The molecule has 4 heteroatoms. The van der Waals surface area contributed by atoms with Gasteiger partial charge >= 0.3 is 0 Å².